The number of benzene rings is 1. The number of nitrogen functional groups attached to an aromatic ring is 1. The molecule has 0 amide bonds. The molecule has 25 heavy (non-hydrogen) atoms. The fourth-order valence-corrected chi connectivity index (χ4v) is 3.02. The van der Waals surface area contributed by atoms with Gasteiger partial charge >= 0.3 is 0 Å². The van der Waals surface area contributed by atoms with E-state index in [4.69, 9.17) is 10.5 Å². The van der Waals surface area contributed by atoms with Crippen molar-refractivity contribution in [2.45, 2.75) is 6.42 Å². The van der Waals surface area contributed by atoms with Gasteiger partial charge in [0.05, 0.1) is 18.9 Å². The van der Waals surface area contributed by atoms with E-state index in [0.717, 1.165) is 56.1 Å². The Bertz CT molecular complexity index is 873. The van der Waals surface area contributed by atoms with Crippen molar-refractivity contribution in [1.82, 2.24) is 24.5 Å². The molecule has 0 aliphatic carbocycles. The lowest BCUT2D eigenvalue weighted by molar-refractivity contribution is 0.0384. The van der Waals surface area contributed by atoms with Crippen LogP contribution in [0.25, 0.3) is 17.0 Å². The van der Waals surface area contributed by atoms with Gasteiger partial charge < -0.3 is 10.5 Å². The molecule has 1 saturated heterocycles. The molecule has 4 rings (SSSR count). The molecule has 0 radical (unpaired) electrons. The highest BCUT2D eigenvalue weighted by molar-refractivity contribution is 5.64. The normalized spacial score (nSPS) is 15.7. The molecule has 1 aliphatic heterocycles. The van der Waals surface area contributed by atoms with Crippen molar-refractivity contribution in [3.05, 3.63) is 41.8 Å². The lowest BCUT2D eigenvalue weighted by Gasteiger charge is -2.26. The summed E-state index contributed by atoms with van der Waals surface area (Å²) in [5, 5.41) is 4.14. The van der Waals surface area contributed by atoms with Crippen LogP contribution in [0.5, 0.6) is 0 Å². The molecule has 1 aromatic carbocycles. The Kier molecular flexibility index (Phi) is 4.29. The van der Waals surface area contributed by atoms with Crippen LogP contribution < -0.4 is 5.73 Å². The number of aromatic nitrogens is 4. The summed E-state index contributed by atoms with van der Waals surface area (Å²) in [6.45, 7) is 4.29. The number of halogens is 1. The third kappa shape index (κ3) is 3.45. The van der Waals surface area contributed by atoms with E-state index in [2.05, 4.69) is 20.0 Å². The quantitative estimate of drug-likeness (QED) is 0.772. The van der Waals surface area contributed by atoms with Gasteiger partial charge in [0.2, 0.25) is 5.95 Å². The van der Waals surface area contributed by atoms with Gasteiger partial charge in [-0.1, -0.05) is 0 Å². The van der Waals surface area contributed by atoms with Crippen molar-refractivity contribution in [2.75, 3.05) is 38.6 Å². The number of hydrogen-bond acceptors (Lipinski definition) is 6. The maximum absolute atomic E-state index is 13.3. The Morgan fingerprint density at radius 2 is 1.88 bits per heavy atom. The SMILES string of the molecule is Nc1nc2nc(-c3ccc(F)cc3)c(CCN3CCOCC3)cn2n1. The summed E-state index contributed by atoms with van der Waals surface area (Å²) in [7, 11) is 0. The van der Waals surface area contributed by atoms with Crippen LogP contribution in [0.1, 0.15) is 5.56 Å². The van der Waals surface area contributed by atoms with Gasteiger partial charge in [0.1, 0.15) is 5.82 Å². The number of nitrogens with two attached hydrogens (primary N) is 1. The summed E-state index contributed by atoms with van der Waals surface area (Å²) < 4.78 is 20.3. The molecule has 8 heteroatoms. The number of hydrogen-bond donors (Lipinski definition) is 1. The molecule has 2 N–H and O–H groups in total. The second-order valence-electron chi connectivity index (χ2n) is 6.04. The van der Waals surface area contributed by atoms with Crippen molar-refractivity contribution < 1.29 is 9.13 Å². The summed E-state index contributed by atoms with van der Waals surface area (Å²) in [5.74, 6) is 0.348. The zero-order chi connectivity index (χ0) is 17.2. The lowest BCUT2D eigenvalue weighted by atomic mass is 10.0. The minimum Gasteiger partial charge on any atom is -0.379 e. The Hall–Kier alpha value is -2.58. The average Bonchev–Trinajstić information content (AvgIpc) is 3.00. The maximum Gasteiger partial charge on any atom is 0.254 e. The predicted octanol–water partition coefficient (Wildman–Crippen LogP) is 1.39. The molecule has 0 atom stereocenters. The number of anilines is 1. The van der Waals surface area contributed by atoms with Crippen molar-refractivity contribution in [2.24, 2.45) is 0 Å². The highest BCUT2D eigenvalue weighted by Gasteiger charge is 2.15. The molecule has 7 nitrogen and oxygen atoms in total. The Balaban J connectivity index is 1.68. The third-order valence-corrected chi connectivity index (χ3v) is 4.34. The minimum atomic E-state index is -0.272. The van der Waals surface area contributed by atoms with Crippen molar-refractivity contribution >= 4 is 11.7 Å². The number of ether oxygens (including phenoxy) is 1. The molecule has 0 spiro atoms. The van der Waals surface area contributed by atoms with Gasteiger partial charge in [-0.05, 0) is 36.2 Å². The van der Waals surface area contributed by atoms with Crippen molar-refractivity contribution in [1.29, 1.82) is 0 Å². The molecule has 130 valence electrons. The number of rotatable bonds is 4. The second-order valence-corrected chi connectivity index (χ2v) is 6.04. The average molecular weight is 342 g/mol. The molecular formula is C17H19FN6O. The molecular weight excluding hydrogens is 323 g/mol. The van der Waals surface area contributed by atoms with Gasteiger partial charge in [-0.25, -0.2) is 13.9 Å². The molecule has 1 aliphatic rings. The summed E-state index contributed by atoms with van der Waals surface area (Å²) in [6, 6.07) is 6.33. The van der Waals surface area contributed by atoms with Crippen LogP contribution in [0.4, 0.5) is 10.3 Å². The van der Waals surface area contributed by atoms with Crippen LogP contribution in [0.3, 0.4) is 0 Å². The highest BCUT2D eigenvalue weighted by atomic mass is 19.1. The first-order valence-corrected chi connectivity index (χ1v) is 8.27. The van der Waals surface area contributed by atoms with E-state index in [9.17, 15) is 4.39 Å². The summed E-state index contributed by atoms with van der Waals surface area (Å²) in [6.07, 6.45) is 2.71. The Morgan fingerprint density at radius 1 is 1.12 bits per heavy atom. The molecule has 0 saturated carbocycles. The van der Waals surface area contributed by atoms with E-state index in [-0.39, 0.29) is 11.8 Å². The zero-order valence-electron chi connectivity index (χ0n) is 13.7. The van der Waals surface area contributed by atoms with Gasteiger partial charge in [0.15, 0.2) is 0 Å². The standard InChI is InChI=1S/C17H19FN6O/c18-14-3-1-12(2-4-14)15-13(5-6-23-7-9-25-10-8-23)11-24-17(20-15)21-16(19)22-24/h1-4,11H,5-10H2,(H2,19,22). The Labute approximate surface area is 144 Å². The predicted molar refractivity (Wildman–Crippen MR) is 91.6 cm³/mol. The van der Waals surface area contributed by atoms with Crippen LogP contribution in [-0.4, -0.2) is 57.3 Å². The van der Waals surface area contributed by atoms with E-state index < -0.39 is 0 Å². The van der Waals surface area contributed by atoms with E-state index in [1.54, 1.807) is 16.6 Å². The van der Waals surface area contributed by atoms with E-state index >= 15 is 0 Å². The fourth-order valence-electron chi connectivity index (χ4n) is 3.02. The third-order valence-electron chi connectivity index (χ3n) is 4.34. The molecule has 3 heterocycles. The van der Waals surface area contributed by atoms with Crippen LogP contribution >= 0.6 is 0 Å². The zero-order valence-corrected chi connectivity index (χ0v) is 13.7. The van der Waals surface area contributed by atoms with Crippen LogP contribution in [0.15, 0.2) is 30.5 Å². The fraction of sp³-hybridized carbons (Fsp3) is 0.353. The lowest BCUT2D eigenvalue weighted by Crippen LogP contribution is -2.37. The largest absolute Gasteiger partial charge is 0.379 e. The molecule has 0 bridgehead atoms. The first kappa shape index (κ1) is 15.9. The molecule has 1 fully saturated rings. The van der Waals surface area contributed by atoms with Crippen LogP contribution in [0, 0.1) is 5.82 Å². The highest BCUT2D eigenvalue weighted by Crippen LogP contribution is 2.23. The van der Waals surface area contributed by atoms with E-state index in [1.807, 2.05) is 6.20 Å². The topological polar surface area (TPSA) is 81.6 Å². The van der Waals surface area contributed by atoms with Crippen LogP contribution in [-0.2, 0) is 11.2 Å². The molecule has 0 unspecified atom stereocenters. The van der Waals surface area contributed by atoms with Gasteiger partial charge in [-0.3, -0.25) is 4.90 Å². The van der Waals surface area contributed by atoms with Gasteiger partial charge in [-0.15, -0.1) is 5.10 Å². The number of fused-ring (bicyclic) bond motifs is 1. The first-order valence-electron chi connectivity index (χ1n) is 8.27. The summed E-state index contributed by atoms with van der Waals surface area (Å²) >= 11 is 0. The first-order chi connectivity index (χ1) is 12.2. The van der Waals surface area contributed by atoms with Gasteiger partial charge in [0.25, 0.3) is 5.78 Å². The number of nitrogens with zero attached hydrogens (tertiary/aromatic N) is 5. The Morgan fingerprint density at radius 3 is 2.64 bits per heavy atom. The second kappa shape index (κ2) is 6.73. The minimum absolute atomic E-state index is 0.183. The van der Waals surface area contributed by atoms with Crippen molar-refractivity contribution in [3.8, 4) is 11.3 Å². The summed E-state index contributed by atoms with van der Waals surface area (Å²) in [4.78, 5) is 11.1. The number of morpholine rings is 1. The van der Waals surface area contributed by atoms with E-state index in [1.165, 1.54) is 12.1 Å². The maximum atomic E-state index is 13.3. The van der Waals surface area contributed by atoms with Gasteiger partial charge in [-0.2, -0.15) is 4.98 Å². The van der Waals surface area contributed by atoms with Crippen molar-refractivity contribution in [3.63, 3.8) is 0 Å². The smallest absolute Gasteiger partial charge is 0.254 e. The van der Waals surface area contributed by atoms with E-state index in [0.29, 0.717) is 5.78 Å². The monoisotopic (exact) mass is 342 g/mol. The summed E-state index contributed by atoms with van der Waals surface area (Å²) in [5.41, 5.74) is 8.34. The molecule has 2 aromatic heterocycles. The van der Waals surface area contributed by atoms with Gasteiger partial charge in [0, 0.05) is 31.4 Å². The van der Waals surface area contributed by atoms with Crippen LogP contribution in [0.2, 0.25) is 0 Å². The molecule has 3 aromatic rings.